The molecule has 2 aromatic heterocycles. The fourth-order valence-electron chi connectivity index (χ4n) is 7.94. The van der Waals surface area contributed by atoms with E-state index in [0.717, 1.165) is 61.1 Å². The third kappa shape index (κ3) is 4.74. The number of aromatic nitrogens is 2. The van der Waals surface area contributed by atoms with Gasteiger partial charge in [-0.3, -0.25) is 0 Å². The monoisotopic (exact) mass is 652 g/mol. The summed E-state index contributed by atoms with van der Waals surface area (Å²) < 4.78 is 6.07. The number of benzene rings is 7. The van der Waals surface area contributed by atoms with Crippen molar-refractivity contribution < 1.29 is 4.42 Å². The van der Waals surface area contributed by atoms with Crippen LogP contribution in [0.4, 0.5) is 0 Å². The maximum Gasteiger partial charge on any atom is 0.160 e. The van der Waals surface area contributed by atoms with Gasteiger partial charge in [-0.15, -0.1) is 0 Å². The SMILES string of the molecule is CC1(c2ccc(-c3cc(-c4ccc(-c5ccc6oc7ccccc7c6c5)cc4)nc(-c4ccccc4)n3)cc2)c2ccccc2-c2ccccc21. The van der Waals surface area contributed by atoms with Gasteiger partial charge in [-0.2, -0.15) is 0 Å². The number of hydrogen-bond donors (Lipinski definition) is 0. The summed E-state index contributed by atoms with van der Waals surface area (Å²) in [6, 6.07) is 62.2. The molecule has 10 rings (SSSR count). The summed E-state index contributed by atoms with van der Waals surface area (Å²) in [7, 11) is 0. The van der Waals surface area contributed by atoms with Gasteiger partial charge >= 0.3 is 0 Å². The molecule has 0 saturated heterocycles. The van der Waals surface area contributed by atoms with Gasteiger partial charge in [-0.1, -0.05) is 152 Å². The van der Waals surface area contributed by atoms with Gasteiger partial charge in [0.05, 0.1) is 11.4 Å². The Hall–Kier alpha value is -6.58. The maximum atomic E-state index is 6.07. The summed E-state index contributed by atoms with van der Waals surface area (Å²) in [5.41, 5.74) is 15.3. The van der Waals surface area contributed by atoms with Crippen molar-refractivity contribution >= 4 is 21.9 Å². The van der Waals surface area contributed by atoms with Crippen LogP contribution in [-0.4, -0.2) is 9.97 Å². The highest BCUT2D eigenvalue weighted by molar-refractivity contribution is 6.06. The van der Waals surface area contributed by atoms with Crippen LogP contribution in [0, 0.1) is 0 Å². The summed E-state index contributed by atoms with van der Waals surface area (Å²) in [6.07, 6.45) is 0. The van der Waals surface area contributed by atoms with E-state index in [1.807, 2.05) is 30.3 Å². The van der Waals surface area contributed by atoms with E-state index in [1.54, 1.807) is 0 Å². The Morgan fingerprint density at radius 1 is 0.412 bits per heavy atom. The third-order valence-corrected chi connectivity index (χ3v) is 10.6. The van der Waals surface area contributed by atoms with Crippen LogP contribution in [0.25, 0.3) is 78.1 Å². The van der Waals surface area contributed by atoms with Crippen molar-refractivity contribution in [2.24, 2.45) is 0 Å². The molecule has 51 heavy (non-hydrogen) atoms. The molecule has 0 atom stereocenters. The first-order valence-electron chi connectivity index (χ1n) is 17.4. The zero-order valence-corrected chi connectivity index (χ0v) is 28.0. The van der Waals surface area contributed by atoms with Crippen molar-refractivity contribution in [2.75, 3.05) is 0 Å². The lowest BCUT2D eigenvalue weighted by atomic mass is 9.74. The molecule has 1 aliphatic carbocycles. The van der Waals surface area contributed by atoms with Crippen molar-refractivity contribution in [3.63, 3.8) is 0 Å². The molecule has 2 heterocycles. The van der Waals surface area contributed by atoms with E-state index in [0.29, 0.717) is 5.82 Å². The van der Waals surface area contributed by atoms with Gasteiger partial charge in [0.1, 0.15) is 11.2 Å². The van der Waals surface area contributed by atoms with Gasteiger partial charge in [0, 0.05) is 32.9 Å². The average Bonchev–Trinajstić information content (AvgIpc) is 3.71. The van der Waals surface area contributed by atoms with E-state index in [2.05, 4.69) is 153 Å². The maximum absolute atomic E-state index is 6.07. The molecule has 3 heteroatoms. The molecule has 9 aromatic rings. The van der Waals surface area contributed by atoms with Gasteiger partial charge in [0.25, 0.3) is 0 Å². The predicted octanol–water partition coefficient (Wildman–Crippen LogP) is 12.4. The molecule has 0 fully saturated rings. The van der Waals surface area contributed by atoms with E-state index in [-0.39, 0.29) is 5.41 Å². The van der Waals surface area contributed by atoms with Crippen molar-refractivity contribution in [2.45, 2.75) is 12.3 Å². The van der Waals surface area contributed by atoms with Crippen molar-refractivity contribution in [1.29, 1.82) is 0 Å². The highest BCUT2D eigenvalue weighted by Crippen LogP contribution is 2.52. The smallest absolute Gasteiger partial charge is 0.160 e. The third-order valence-electron chi connectivity index (χ3n) is 10.6. The lowest BCUT2D eigenvalue weighted by Gasteiger charge is -2.28. The second-order valence-corrected chi connectivity index (χ2v) is 13.5. The second-order valence-electron chi connectivity index (χ2n) is 13.5. The van der Waals surface area contributed by atoms with Gasteiger partial charge in [-0.25, -0.2) is 9.97 Å². The fourth-order valence-corrected chi connectivity index (χ4v) is 7.94. The highest BCUT2D eigenvalue weighted by Gasteiger charge is 2.40. The number of furan rings is 1. The lowest BCUT2D eigenvalue weighted by Crippen LogP contribution is -2.22. The van der Waals surface area contributed by atoms with Gasteiger partial charge in [0.15, 0.2) is 5.82 Å². The Balaban J connectivity index is 1.03. The van der Waals surface area contributed by atoms with Crippen molar-refractivity contribution in [3.05, 3.63) is 193 Å². The molecule has 240 valence electrons. The summed E-state index contributed by atoms with van der Waals surface area (Å²) >= 11 is 0. The van der Waals surface area contributed by atoms with E-state index in [4.69, 9.17) is 14.4 Å². The zero-order valence-electron chi connectivity index (χ0n) is 28.0. The molecule has 0 saturated carbocycles. The molecule has 3 nitrogen and oxygen atoms in total. The molecule has 7 aromatic carbocycles. The molecule has 0 aliphatic heterocycles. The van der Waals surface area contributed by atoms with Crippen LogP contribution >= 0.6 is 0 Å². The van der Waals surface area contributed by atoms with Crippen molar-refractivity contribution in [1.82, 2.24) is 9.97 Å². The highest BCUT2D eigenvalue weighted by atomic mass is 16.3. The van der Waals surface area contributed by atoms with E-state index >= 15 is 0 Å². The quantitative estimate of drug-likeness (QED) is 0.186. The topological polar surface area (TPSA) is 38.9 Å². The molecule has 0 spiro atoms. The normalized spacial score (nSPS) is 13.0. The first-order valence-corrected chi connectivity index (χ1v) is 17.4. The van der Waals surface area contributed by atoms with Crippen molar-refractivity contribution in [3.8, 4) is 56.2 Å². The van der Waals surface area contributed by atoms with Crippen LogP contribution in [-0.2, 0) is 5.41 Å². The number of para-hydroxylation sites is 1. The number of fused-ring (bicyclic) bond motifs is 6. The first-order chi connectivity index (χ1) is 25.1. The Morgan fingerprint density at radius 3 is 1.63 bits per heavy atom. The minimum absolute atomic E-state index is 0.241. The van der Waals surface area contributed by atoms with Crippen LogP contribution in [0.15, 0.2) is 180 Å². The molecule has 0 radical (unpaired) electrons. The van der Waals surface area contributed by atoms with Crippen LogP contribution in [0.5, 0.6) is 0 Å². The van der Waals surface area contributed by atoms with Gasteiger partial charge in [-0.05, 0) is 70.1 Å². The number of nitrogens with zero attached hydrogens (tertiary/aromatic N) is 2. The van der Waals surface area contributed by atoms with E-state index in [1.165, 1.54) is 27.8 Å². The molecular weight excluding hydrogens is 621 g/mol. The van der Waals surface area contributed by atoms with Gasteiger partial charge < -0.3 is 4.42 Å². The minimum atomic E-state index is -0.241. The van der Waals surface area contributed by atoms with Gasteiger partial charge in [0.2, 0.25) is 0 Å². The molecule has 0 N–H and O–H groups in total. The van der Waals surface area contributed by atoms with Crippen LogP contribution in [0.3, 0.4) is 0 Å². The standard InChI is InChI=1S/C48H32N2O/c1-48(41-16-8-5-13-37(41)38-14-6-9-17-42(38)48)36-26-23-33(24-27-36)44-30-43(49-47(50-44)34-11-3-2-4-12-34)32-21-19-31(20-22-32)35-25-28-46-40(29-35)39-15-7-10-18-45(39)51-46/h2-30H,1H3. The van der Waals surface area contributed by atoms with E-state index in [9.17, 15) is 0 Å². The van der Waals surface area contributed by atoms with E-state index < -0.39 is 0 Å². The fraction of sp³-hybridized carbons (Fsp3) is 0.0417. The molecule has 0 bridgehead atoms. The molecule has 1 aliphatic rings. The summed E-state index contributed by atoms with van der Waals surface area (Å²) in [6.45, 7) is 2.35. The summed E-state index contributed by atoms with van der Waals surface area (Å²) in [4.78, 5) is 10.2. The van der Waals surface area contributed by atoms with Crippen LogP contribution < -0.4 is 0 Å². The number of hydrogen-bond acceptors (Lipinski definition) is 3. The van der Waals surface area contributed by atoms with Crippen LogP contribution in [0.1, 0.15) is 23.6 Å². The minimum Gasteiger partial charge on any atom is -0.456 e. The lowest BCUT2D eigenvalue weighted by molar-refractivity contribution is 0.669. The Morgan fingerprint density at radius 2 is 0.941 bits per heavy atom. The van der Waals surface area contributed by atoms with Crippen LogP contribution in [0.2, 0.25) is 0 Å². The molecule has 0 amide bonds. The Bertz CT molecular complexity index is 2700. The Labute approximate surface area is 296 Å². The molecular formula is C48H32N2O. The second kappa shape index (κ2) is 11.5. The zero-order chi connectivity index (χ0) is 33.9. The first kappa shape index (κ1) is 29.3. The predicted molar refractivity (Wildman–Crippen MR) is 208 cm³/mol. The summed E-state index contributed by atoms with van der Waals surface area (Å²) in [5.74, 6) is 0.708. The largest absolute Gasteiger partial charge is 0.456 e. The summed E-state index contributed by atoms with van der Waals surface area (Å²) in [5, 5.41) is 2.26. The number of rotatable bonds is 5. The Kier molecular flexibility index (Phi) is 6.62. The molecule has 0 unspecified atom stereocenters. The average molecular weight is 653 g/mol.